The number of ether oxygens (including phenoxy) is 1. The number of rotatable bonds is 4. The molecular weight excluding hydrogens is 375 g/mol. The van der Waals surface area contributed by atoms with Gasteiger partial charge in [0.15, 0.2) is 0 Å². The Kier molecular flexibility index (Phi) is 5.48. The Labute approximate surface area is 167 Å². The molecular formula is C22H19FN2O2S. The Morgan fingerprint density at radius 1 is 1.00 bits per heavy atom. The number of amides is 2. The van der Waals surface area contributed by atoms with Crippen LogP contribution in [0.5, 0.6) is 11.5 Å². The van der Waals surface area contributed by atoms with Gasteiger partial charge in [0.05, 0.1) is 0 Å². The number of nitrogens with zero attached hydrogens (tertiary/aromatic N) is 1. The van der Waals surface area contributed by atoms with Crippen molar-refractivity contribution < 1.29 is 13.9 Å². The molecule has 28 heavy (non-hydrogen) atoms. The van der Waals surface area contributed by atoms with E-state index in [0.29, 0.717) is 12.2 Å². The first-order valence-electron chi connectivity index (χ1n) is 8.97. The quantitative estimate of drug-likeness (QED) is 0.599. The molecule has 0 unspecified atom stereocenters. The van der Waals surface area contributed by atoms with Crippen molar-refractivity contribution in [1.82, 2.24) is 4.90 Å². The number of halogens is 1. The molecule has 0 bridgehead atoms. The van der Waals surface area contributed by atoms with Gasteiger partial charge in [0.25, 0.3) is 0 Å². The molecule has 0 aliphatic carbocycles. The summed E-state index contributed by atoms with van der Waals surface area (Å²) in [7, 11) is 0. The highest BCUT2D eigenvalue weighted by Crippen LogP contribution is 2.39. The van der Waals surface area contributed by atoms with Crippen molar-refractivity contribution in [2.24, 2.45) is 0 Å². The molecule has 6 heteroatoms. The van der Waals surface area contributed by atoms with E-state index in [-0.39, 0.29) is 17.2 Å². The number of benzene rings is 3. The maximum Gasteiger partial charge on any atom is 0.323 e. The lowest BCUT2D eigenvalue weighted by atomic mass is 10.2. The van der Waals surface area contributed by atoms with Crippen molar-refractivity contribution in [3.05, 3.63) is 90.2 Å². The molecule has 1 N–H and O–H groups in total. The highest BCUT2D eigenvalue weighted by atomic mass is 32.2. The number of carbonyl (C=O) groups excluding carboxylic acids is 1. The van der Waals surface area contributed by atoms with Gasteiger partial charge in [0, 0.05) is 18.0 Å². The lowest BCUT2D eigenvalue weighted by Gasteiger charge is -2.24. The van der Waals surface area contributed by atoms with Crippen LogP contribution in [0.15, 0.2) is 78.9 Å². The first-order chi connectivity index (χ1) is 13.7. The molecule has 3 aromatic rings. The van der Waals surface area contributed by atoms with Crippen LogP contribution in [0.2, 0.25) is 0 Å². The van der Waals surface area contributed by atoms with Crippen LogP contribution in [0.3, 0.4) is 0 Å². The highest BCUT2D eigenvalue weighted by molar-refractivity contribution is 7.99. The fourth-order valence-corrected chi connectivity index (χ4v) is 4.32. The molecule has 0 saturated carbocycles. The lowest BCUT2D eigenvalue weighted by molar-refractivity contribution is 0.214. The van der Waals surface area contributed by atoms with E-state index >= 15 is 0 Å². The molecule has 3 aromatic carbocycles. The summed E-state index contributed by atoms with van der Waals surface area (Å²) in [6.45, 7) is 0.625. The van der Waals surface area contributed by atoms with Gasteiger partial charge in [-0.1, -0.05) is 36.4 Å². The fraction of sp³-hybridized carbons (Fsp3) is 0.136. The Balaban J connectivity index is 1.50. The first-order valence-corrected chi connectivity index (χ1v) is 10.0. The van der Waals surface area contributed by atoms with Crippen LogP contribution in [0.4, 0.5) is 14.9 Å². The van der Waals surface area contributed by atoms with Gasteiger partial charge in [0.1, 0.15) is 22.7 Å². The van der Waals surface area contributed by atoms with Crippen LogP contribution in [-0.2, 0) is 0 Å². The van der Waals surface area contributed by atoms with Crippen LogP contribution in [0.25, 0.3) is 0 Å². The average molecular weight is 394 g/mol. The van der Waals surface area contributed by atoms with Crippen LogP contribution in [0, 0.1) is 5.82 Å². The van der Waals surface area contributed by atoms with Crippen molar-refractivity contribution in [1.29, 1.82) is 0 Å². The minimum atomic E-state index is -0.379. The molecule has 1 saturated heterocycles. The van der Waals surface area contributed by atoms with Crippen molar-refractivity contribution in [2.45, 2.75) is 5.37 Å². The van der Waals surface area contributed by atoms with E-state index in [4.69, 9.17) is 4.74 Å². The number of carbonyl (C=O) groups is 1. The maximum absolute atomic E-state index is 13.4. The van der Waals surface area contributed by atoms with Gasteiger partial charge in [-0.05, 0) is 48.0 Å². The fourth-order valence-electron chi connectivity index (χ4n) is 3.07. The summed E-state index contributed by atoms with van der Waals surface area (Å²) in [6, 6.07) is 23.0. The zero-order valence-electron chi connectivity index (χ0n) is 15.0. The van der Waals surface area contributed by atoms with Gasteiger partial charge in [0.2, 0.25) is 0 Å². The Hall–Kier alpha value is -2.99. The molecule has 1 heterocycles. The molecule has 4 rings (SSSR count). The standard InChI is InChI=1S/C22H19FN2O2S/c23-17-7-5-8-18(15-17)24-22(26)25-12-13-28-21(25)16-6-4-11-20(14-16)27-19-9-2-1-3-10-19/h1-11,14-15,21H,12-13H2,(H,24,26)/t21-/m0/s1. The lowest BCUT2D eigenvalue weighted by Crippen LogP contribution is -2.34. The minimum absolute atomic E-state index is 0.118. The zero-order chi connectivity index (χ0) is 19.3. The topological polar surface area (TPSA) is 41.6 Å². The molecule has 1 atom stereocenters. The first kappa shape index (κ1) is 18.4. The van der Waals surface area contributed by atoms with Crippen LogP contribution >= 0.6 is 11.8 Å². The number of hydrogen-bond donors (Lipinski definition) is 1. The predicted molar refractivity (Wildman–Crippen MR) is 110 cm³/mol. The van der Waals surface area contributed by atoms with Gasteiger partial charge in [-0.15, -0.1) is 11.8 Å². The van der Waals surface area contributed by atoms with E-state index in [1.807, 2.05) is 54.6 Å². The summed E-state index contributed by atoms with van der Waals surface area (Å²) in [5, 5.41) is 2.66. The summed E-state index contributed by atoms with van der Waals surface area (Å²) in [5.74, 6) is 1.95. The number of anilines is 1. The Bertz CT molecular complexity index is 968. The van der Waals surface area contributed by atoms with Crippen molar-refractivity contribution in [2.75, 3.05) is 17.6 Å². The summed E-state index contributed by atoms with van der Waals surface area (Å²) in [5.41, 5.74) is 1.44. The smallest absolute Gasteiger partial charge is 0.323 e. The number of nitrogens with one attached hydrogen (secondary N) is 1. The van der Waals surface area contributed by atoms with Crippen molar-refractivity contribution in [3.8, 4) is 11.5 Å². The second kappa shape index (κ2) is 8.35. The van der Waals surface area contributed by atoms with E-state index in [0.717, 1.165) is 22.8 Å². The van der Waals surface area contributed by atoms with E-state index in [9.17, 15) is 9.18 Å². The SMILES string of the molecule is O=C(Nc1cccc(F)c1)N1CCS[C@H]1c1cccc(Oc2ccccc2)c1. The van der Waals surface area contributed by atoms with Gasteiger partial charge in [-0.25, -0.2) is 9.18 Å². The minimum Gasteiger partial charge on any atom is -0.457 e. The highest BCUT2D eigenvalue weighted by Gasteiger charge is 2.31. The molecule has 0 aromatic heterocycles. The Morgan fingerprint density at radius 2 is 1.79 bits per heavy atom. The molecule has 0 radical (unpaired) electrons. The molecule has 2 amide bonds. The molecule has 4 nitrogen and oxygen atoms in total. The summed E-state index contributed by atoms with van der Waals surface area (Å²) in [4.78, 5) is 14.5. The molecule has 1 aliphatic rings. The van der Waals surface area contributed by atoms with Crippen molar-refractivity contribution >= 4 is 23.5 Å². The second-order valence-electron chi connectivity index (χ2n) is 6.34. The monoisotopic (exact) mass is 394 g/mol. The maximum atomic E-state index is 13.4. The van der Waals surface area contributed by atoms with E-state index in [2.05, 4.69) is 5.32 Å². The van der Waals surface area contributed by atoms with Crippen molar-refractivity contribution in [3.63, 3.8) is 0 Å². The Morgan fingerprint density at radius 3 is 2.61 bits per heavy atom. The molecule has 142 valence electrons. The normalized spacial score (nSPS) is 16.0. The van der Waals surface area contributed by atoms with Gasteiger partial charge in [-0.2, -0.15) is 0 Å². The van der Waals surface area contributed by atoms with E-state index in [1.165, 1.54) is 12.1 Å². The molecule has 1 fully saturated rings. The third-order valence-corrected chi connectivity index (χ3v) is 5.61. The summed E-state index contributed by atoms with van der Waals surface area (Å²) < 4.78 is 19.3. The number of para-hydroxylation sites is 1. The van der Waals surface area contributed by atoms with Gasteiger partial charge >= 0.3 is 6.03 Å². The number of thioether (sulfide) groups is 1. The van der Waals surface area contributed by atoms with E-state index in [1.54, 1.807) is 28.8 Å². The predicted octanol–water partition coefficient (Wildman–Crippen LogP) is 5.90. The average Bonchev–Trinajstić information content (AvgIpc) is 3.19. The number of hydrogen-bond acceptors (Lipinski definition) is 3. The van der Waals surface area contributed by atoms with Crippen LogP contribution < -0.4 is 10.1 Å². The number of urea groups is 1. The van der Waals surface area contributed by atoms with Gasteiger partial charge < -0.3 is 15.0 Å². The largest absolute Gasteiger partial charge is 0.457 e. The summed E-state index contributed by atoms with van der Waals surface area (Å²) >= 11 is 1.70. The zero-order valence-corrected chi connectivity index (χ0v) is 15.9. The molecule has 1 aliphatic heterocycles. The van der Waals surface area contributed by atoms with Crippen LogP contribution in [-0.4, -0.2) is 23.2 Å². The summed E-state index contributed by atoms with van der Waals surface area (Å²) in [6.07, 6.45) is 0. The third kappa shape index (κ3) is 4.28. The third-order valence-electron chi connectivity index (χ3n) is 4.35. The van der Waals surface area contributed by atoms with Gasteiger partial charge in [-0.3, -0.25) is 0 Å². The van der Waals surface area contributed by atoms with Crippen LogP contribution in [0.1, 0.15) is 10.9 Å². The molecule has 0 spiro atoms. The second-order valence-corrected chi connectivity index (χ2v) is 7.53. The van der Waals surface area contributed by atoms with E-state index < -0.39 is 0 Å².